The van der Waals surface area contributed by atoms with Crippen molar-refractivity contribution in [1.82, 2.24) is 3.96 Å². The van der Waals surface area contributed by atoms with Gasteiger partial charge >= 0.3 is 6.09 Å². The van der Waals surface area contributed by atoms with Gasteiger partial charge in [-0.1, -0.05) is 34.1 Å². The lowest BCUT2D eigenvalue weighted by Crippen LogP contribution is -2.19. The molecule has 0 radical (unpaired) electrons. The van der Waals surface area contributed by atoms with E-state index in [4.69, 9.17) is 4.74 Å². The molecule has 126 valence electrons. The third-order valence-corrected chi connectivity index (χ3v) is 4.39. The zero-order chi connectivity index (χ0) is 17.0. The summed E-state index contributed by atoms with van der Waals surface area (Å²) < 4.78 is 8.20. The van der Waals surface area contributed by atoms with Gasteiger partial charge < -0.3 is 4.74 Å². The minimum atomic E-state index is -0.490. The first-order valence-electron chi connectivity index (χ1n) is 7.97. The normalized spacial score (nSPS) is 13.5. The van der Waals surface area contributed by atoms with Gasteiger partial charge in [-0.15, -0.1) is 0 Å². The van der Waals surface area contributed by atoms with E-state index >= 15 is 0 Å². The zero-order valence-corrected chi connectivity index (χ0v) is 15.8. The molecule has 5 heteroatoms. The first kappa shape index (κ1) is 18.9. The maximum atomic E-state index is 12.0. The number of amides is 1. The second-order valence-corrected chi connectivity index (χ2v) is 8.84. The van der Waals surface area contributed by atoms with Gasteiger partial charge in [0, 0.05) is 17.3 Å². The number of aryl methyl sites for hydroxylation is 1. The van der Waals surface area contributed by atoms with Crippen molar-refractivity contribution in [1.29, 1.82) is 0 Å². The number of hydrogen-bond acceptors (Lipinski definition) is 3. The van der Waals surface area contributed by atoms with Crippen molar-refractivity contribution in [2.24, 2.45) is 10.4 Å². The molecule has 0 N–H and O–H groups in total. The van der Waals surface area contributed by atoms with E-state index in [9.17, 15) is 4.79 Å². The fourth-order valence-electron chi connectivity index (χ4n) is 1.73. The van der Waals surface area contributed by atoms with Crippen LogP contribution >= 0.6 is 11.5 Å². The van der Waals surface area contributed by atoms with Crippen molar-refractivity contribution in [3.8, 4) is 0 Å². The summed E-state index contributed by atoms with van der Waals surface area (Å²) >= 11 is 1.53. The van der Waals surface area contributed by atoms with Crippen LogP contribution in [0.3, 0.4) is 0 Å². The SMILES string of the molecule is CCCCc1cn(C(C)(C)C)s/c1=N\C(=O)OCC(C)(C)C. The Morgan fingerprint density at radius 2 is 1.91 bits per heavy atom. The summed E-state index contributed by atoms with van der Waals surface area (Å²) in [5.74, 6) is 0. The Morgan fingerprint density at radius 1 is 1.27 bits per heavy atom. The van der Waals surface area contributed by atoms with Crippen LogP contribution in [-0.2, 0) is 16.7 Å². The predicted octanol–water partition coefficient (Wildman–Crippen LogP) is 4.73. The summed E-state index contributed by atoms with van der Waals surface area (Å²) in [6, 6.07) is 0. The van der Waals surface area contributed by atoms with E-state index in [1.54, 1.807) is 0 Å². The fourth-order valence-corrected chi connectivity index (χ4v) is 2.76. The topological polar surface area (TPSA) is 43.6 Å². The molecule has 0 fully saturated rings. The molecular formula is C17H30N2O2S. The Kier molecular flexibility index (Phi) is 6.41. The number of rotatable bonds is 4. The standard InChI is InChI=1S/C17H30N2O2S/c1-8-9-10-13-11-19(17(5,6)7)22-14(13)18-15(20)21-12-16(2,3)4/h11H,8-10,12H2,1-7H3/b18-14-. The maximum absolute atomic E-state index is 12.0. The number of nitrogens with zero attached hydrogens (tertiary/aromatic N) is 2. The lowest BCUT2D eigenvalue weighted by molar-refractivity contribution is 0.114. The smallest absolute Gasteiger partial charge is 0.435 e. The second-order valence-electron chi connectivity index (χ2n) is 7.88. The van der Waals surface area contributed by atoms with Gasteiger partial charge in [-0.25, -0.2) is 4.79 Å². The third-order valence-electron chi connectivity index (χ3n) is 3.01. The van der Waals surface area contributed by atoms with Crippen molar-refractivity contribution in [2.45, 2.75) is 73.3 Å². The number of aromatic nitrogens is 1. The third kappa shape index (κ3) is 6.34. The highest BCUT2D eigenvalue weighted by atomic mass is 32.1. The van der Waals surface area contributed by atoms with Gasteiger partial charge in [0.2, 0.25) is 0 Å². The summed E-state index contributed by atoms with van der Waals surface area (Å²) in [7, 11) is 0. The van der Waals surface area contributed by atoms with Crippen molar-refractivity contribution in [3.63, 3.8) is 0 Å². The summed E-state index contributed by atoms with van der Waals surface area (Å²) in [6.07, 6.45) is 4.80. The number of carbonyl (C=O) groups is 1. The zero-order valence-electron chi connectivity index (χ0n) is 15.0. The van der Waals surface area contributed by atoms with Crippen LogP contribution in [0.2, 0.25) is 0 Å². The van der Waals surface area contributed by atoms with Gasteiger partial charge in [0.1, 0.15) is 4.67 Å². The summed E-state index contributed by atoms with van der Waals surface area (Å²) in [5.41, 5.74) is 1.08. The van der Waals surface area contributed by atoms with Crippen LogP contribution in [0.4, 0.5) is 4.79 Å². The van der Waals surface area contributed by atoms with Crippen LogP contribution in [0.15, 0.2) is 11.2 Å². The number of carbonyl (C=O) groups excluding carboxylic acids is 1. The molecule has 0 aliphatic heterocycles. The van der Waals surface area contributed by atoms with Crippen molar-refractivity contribution in [2.75, 3.05) is 6.61 Å². The Balaban J connectivity index is 3.01. The Morgan fingerprint density at radius 3 is 2.41 bits per heavy atom. The van der Waals surface area contributed by atoms with Gasteiger partial charge in [-0.2, -0.15) is 4.99 Å². The Hall–Kier alpha value is -1.10. The average Bonchev–Trinajstić information content (AvgIpc) is 2.76. The van der Waals surface area contributed by atoms with Gasteiger partial charge in [-0.05, 0) is 50.6 Å². The summed E-state index contributed by atoms with van der Waals surface area (Å²) in [4.78, 5) is 16.1. The molecule has 0 bridgehead atoms. The van der Waals surface area contributed by atoms with E-state index in [1.807, 2.05) is 20.8 Å². The molecule has 4 nitrogen and oxygen atoms in total. The lowest BCUT2D eigenvalue weighted by Gasteiger charge is -2.19. The fraction of sp³-hybridized carbons (Fsp3) is 0.765. The summed E-state index contributed by atoms with van der Waals surface area (Å²) in [5, 5.41) is 0. The van der Waals surface area contributed by atoms with E-state index in [2.05, 4.69) is 42.8 Å². The summed E-state index contributed by atoms with van der Waals surface area (Å²) in [6.45, 7) is 15.1. The predicted molar refractivity (Wildman–Crippen MR) is 92.3 cm³/mol. The molecule has 1 rings (SSSR count). The Bertz CT molecular complexity index is 556. The second kappa shape index (κ2) is 7.44. The van der Waals surface area contributed by atoms with E-state index in [1.165, 1.54) is 11.5 Å². The monoisotopic (exact) mass is 326 g/mol. The number of ether oxygens (including phenoxy) is 1. The van der Waals surface area contributed by atoms with Crippen LogP contribution < -0.4 is 4.67 Å². The van der Waals surface area contributed by atoms with Gasteiger partial charge in [0.25, 0.3) is 0 Å². The van der Waals surface area contributed by atoms with E-state index in [0.717, 1.165) is 29.5 Å². The first-order chi connectivity index (χ1) is 10.0. The molecule has 1 amide bonds. The number of unbranched alkanes of at least 4 members (excludes halogenated alkanes) is 1. The molecule has 22 heavy (non-hydrogen) atoms. The van der Waals surface area contributed by atoms with Crippen molar-refractivity contribution >= 4 is 17.6 Å². The molecule has 1 aromatic heterocycles. The quantitative estimate of drug-likeness (QED) is 0.802. The molecule has 0 aromatic carbocycles. The van der Waals surface area contributed by atoms with Crippen LogP contribution in [0, 0.1) is 5.41 Å². The van der Waals surface area contributed by atoms with Gasteiger partial charge in [0.05, 0.1) is 6.61 Å². The highest BCUT2D eigenvalue weighted by Gasteiger charge is 2.17. The van der Waals surface area contributed by atoms with Crippen molar-refractivity contribution < 1.29 is 9.53 Å². The average molecular weight is 327 g/mol. The minimum absolute atomic E-state index is 0.00524. The van der Waals surface area contributed by atoms with Gasteiger partial charge in [-0.3, -0.25) is 3.96 Å². The van der Waals surface area contributed by atoms with Crippen LogP contribution in [0.5, 0.6) is 0 Å². The minimum Gasteiger partial charge on any atom is -0.447 e. The molecule has 0 saturated heterocycles. The van der Waals surface area contributed by atoms with Gasteiger partial charge in [0.15, 0.2) is 0 Å². The molecule has 1 aromatic rings. The van der Waals surface area contributed by atoms with E-state index in [-0.39, 0.29) is 11.0 Å². The molecule has 0 atom stereocenters. The molecule has 0 spiro atoms. The Labute approximate surface area is 138 Å². The molecule has 1 heterocycles. The highest BCUT2D eigenvalue weighted by molar-refractivity contribution is 7.04. The molecule has 0 aliphatic carbocycles. The molecule has 0 unspecified atom stereocenters. The van der Waals surface area contributed by atoms with E-state index < -0.39 is 6.09 Å². The van der Waals surface area contributed by atoms with Crippen LogP contribution in [0.25, 0.3) is 0 Å². The highest BCUT2D eigenvalue weighted by Crippen LogP contribution is 2.18. The molecule has 0 saturated carbocycles. The lowest BCUT2D eigenvalue weighted by atomic mass is 9.99. The molecule has 0 aliphatic rings. The van der Waals surface area contributed by atoms with Crippen molar-refractivity contribution in [3.05, 3.63) is 16.4 Å². The van der Waals surface area contributed by atoms with Crippen LogP contribution in [-0.4, -0.2) is 16.7 Å². The maximum Gasteiger partial charge on any atom is 0.435 e. The van der Waals surface area contributed by atoms with E-state index in [0.29, 0.717) is 6.61 Å². The molecular weight excluding hydrogens is 296 g/mol. The largest absolute Gasteiger partial charge is 0.447 e. The van der Waals surface area contributed by atoms with Crippen LogP contribution in [0.1, 0.15) is 66.9 Å². The first-order valence-corrected chi connectivity index (χ1v) is 8.74. The number of hydrogen-bond donors (Lipinski definition) is 0.